The summed E-state index contributed by atoms with van der Waals surface area (Å²) in [5, 5.41) is 0. The number of aromatic nitrogens is 4. The lowest BCUT2D eigenvalue weighted by atomic mass is 10.0. The molecule has 47 heavy (non-hydrogen) atoms. The van der Waals surface area contributed by atoms with Crippen LogP contribution in [0.2, 0.25) is 0 Å². The number of nitrogens with one attached hydrogen (secondary N) is 2. The van der Waals surface area contributed by atoms with E-state index in [0.717, 1.165) is 97.2 Å². The lowest BCUT2D eigenvalue weighted by Gasteiger charge is -2.06. The normalized spacial score (nSPS) is 12.2. The van der Waals surface area contributed by atoms with E-state index in [1.54, 1.807) is 0 Å². The zero-order chi connectivity index (χ0) is 32.0. The summed E-state index contributed by atoms with van der Waals surface area (Å²) in [4.78, 5) is 18.4. The predicted octanol–water partition coefficient (Wildman–Crippen LogP) is 11.9. The molecule has 2 aliphatic rings. The number of H-pyrrole nitrogens is 2. The van der Waals surface area contributed by atoms with Gasteiger partial charge in [0, 0.05) is 38.8 Å². The molecule has 0 unspecified atom stereocenters. The van der Waals surface area contributed by atoms with E-state index in [1.165, 1.54) is 36.8 Å². The fourth-order valence-electron chi connectivity index (χ4n) is 6.79. The minimum absolute atomic E-state index is 0.948. The minimum atomic E-state index is 0.948. The molecule has 8 bridgehead atoms. The molecule has 5 heterocycles. The summed E-state index contributed by atoms with van der Waals surface area (Å²) in [7, 11) is 0. The summed E-state index contributed by atoms with van der Waals surface area (Å²) in [6.45, 7) is 2.26. The van der Waals surface area contributed by atoms with Crippen molar-refractivity contribution < 1.29 is 0 Å². The molecule has 0 fully saturated rings. The standard InChI is InChI=1S/C42H41IN4/c1-2-3-4-11-18-31-33-20-24-37(44-33)41(29-14-7-5-8-15-29)39-26-22-35(46-39)32(19-12-13-28-43)36-23-27-40(47-36)42(30-16-9-6-10-17-30)38-25-21-34(31)45-38/h5-10,14-17,20-27,46-47H,2-4,11-13,18-19,28H2,1H3. The third-order valence-electron chi connectivity index (χ3n) is 9.19. The van der Waals surface area contributed by atoms with Crippen LogP contribution in [0.25, 0.3) is 68.6 Å². The van der Waals surface area contributed by atoms with Crippen LogP contribution in [-0.2, 0) is 12.8 Å². The Hall–Kier alpha value is -4.23. The highest BCUT2D eigenvalue weighted by Crippen LogP contribution is 2.35. The second kappa shape index (κ2) is 14.7. The van der Waals surface area contributed by atoms with Crippen LogP contribution in [0.4, 0.5) is 0 Å². The molecule has 2 aliphatic heterocycles. The maximum Gasteiger partial charge on any atom is 0.0737 e. The Bertz CT molecular complexity index is 1950. The number of benzene rings is 2. The largest absolute Gasteiger partial charge is 0.355 e. The molecule has 0 saturated heterocycles. The summed E-state index contributed by atoms with van der Waals surface area (Å²) in [5.74, 6) is 0. The molecule has 236 valence electrons. The Labute approximate surface area is 291 Å². The average molecular weight is 729 g/mol. The first-order chi connectivity index (χ1) is 23.2. The van der Waals surface area contributed by atoms with Crippen molar-refractivity contribution in [3.63, 3.8) is 0 Å². The Balaban J connectivity index is 1.58. The van der Waals surface area contributed by atoms with E-state index in [9.17, 15) is 0 Å². The third kappa shape index (κ3) is 6.77. The fraction of sp³-hybridized carbons (Fsp3) is 0.238. The smallest absolute Gasteiger partial charge is 0.0737 e. The second-order valence-electron chi connectivity index (χ2n) is 12.4. The molecule has 2 N–H and O–H groups in total. The van der Waals surface area contributed by atoms with E-state index in [0.29, 0.717) is 0 Å². The van der Waals surface area contributed by atoms with Gasteiger partial charge in [-0.05, 0) is 102 Å². The molecule has 7 rings (SSSR count). The number of alkyl halides is 1. The number of nitrogens with zero attached hydrogens (tertiary/aromatic N) is 2. The Morgan fingerprint density at radius 2 is 0.957 bits per heavy atom. The van der Waals surface area contributed by atoms with E-state index in [-0.39, 0.29) is 0 Å². The van der Waals surface area contributed by atoms with Crippen LogP contribution in [0.1, 0.15) is 79.4 Å². The molecule has 3 aromatic heterocycles. The lowest BCUT2D eigenvalue weighted by Crippen LogP contribution is -1.96. The molecule has 5 heteroatoms. The van der Waals surface area contributed by atoms with E-state index in [2.05, 4.69) is 149 Å². The molecular weight excluding hydrogens is 687 g/mol. The van der Waals surface area contributed by atoms with E-state index in [1.807, 2.05) is 0 Å². The molecule has 0 saturated carbocycles. The lowest BCUT2D eigenvalue weighted by molar-refractivity contribution is 0.665. The topological polar surface area (TPSA) is 57.4 Å². The summed E-state index contributed by atoms with van der Waals surface area (Å²) in [6.07, 6.45) is 17.8. The number of hydrogen-bond acceptors (Lipinski definition) is 2. The second-order valence-corrected chi connectivity index (χ2v) is 13.5. The Morgan fingerprint density at radius 1 is 0.489 bits per heavy atom. The SMILES string of the molecule is CCCCCCc1c2nc(c(-c3ccccc3)c3ccc([nH]3)c(CCCCI)c3ccc([nH]3)c(-c3ccccc3)c3nc1C=C3)C=C2. The van der Waals surface area contributed by atoms with E-state index >= 15 is 0 Å². The Morgan fingerprint density at radius 3 is 1.47 bits per heavy atom. The van der Waals surface area contributed by atoms with Crippen LogP contribution >= 0.6 is 22.6 Å². The first-order valence-corrected chi connectivity index (χ1v) is 18.6. The van der Waals surface area contributed by atoms with Crippen LogP contribution in [0, 0.1) is 0 Å². The number of hydrogen-bond donors (Lipinski definition) is 2. The van der Waals surface area contributed by atoms with Gasteiger partial charge in [0.1, 0.15) is 0 Å². The molecule has 2 aromatic carbocycles. The van der Waals surface area contributed by atoms with Crippen LogP contribution in [-0.4, -0.2) is 24.4 Å². The number of rotatable bonds is 11. The van der Waals surface area contributed by atoms with Crippen molar-refractivity contribution >= 4 is 69.0 Å². The molecule has 0 amide bonds. The molecule has 0 radical (unpaired) electrons. The zero-order valence-electron chi connectivity index (χ0n) is 27.0. The highest BCUT2D eigenvalue weighted by atomic mass is 127. The number of aryl methyl sites for hydroxylation is 1. The van der Waals surface area contributed by atoms with Crippen molar-refractivity contribution in [3.8, 4) is 22.3 Å². The third-order valence-corrected chi connectivity index (χ3v) is 9.95. The van der Waals surface area contributed by atoms with E-state index < -0.39 is 0 Å². The van der Waals surface area contributed by atoms with Gasteiger partial charge in [0.05, 0.1) is 22.8 Å². The number of fused-ring (bicyclic) bond motifs is 8. The van der Waals surface area contributed by atoms with Crippen molar-refractivity contribution in [2.24, 2.45) is 0 Å². The predicted molar refractivity (Wildman–Crippen MR) is 209 cm³/mol. The van der Waals surface area contributed by atoms with Crippen molar-refractivity contribution in [2.45, 2.75) is 58.3 Å². The van der Waals surface area contributed by atoms with Gasteiger partial charge in [0.2, 0.25) is 0 Å². The summed E-state index contributed by atoms with van der Waals surface area (Å²) in [5.41, 5.74) is 15.5. The van der Waals surface area contributed by atoms with Gasteiger partial charge in [-0.2, -0.15) is 0 Å². The Kier molecular flexibility index (Phi) is 9.80. The summed E-state index contributed by atoms with van der Waals surface area (Å²) >= 11 is 2.49. The number of aromatic amines is 2. The zero-order valence-corrected chi connectivity index (χ0v) is 29.2. The quantitative estimate of drug-likeness (QED) is 0.0791. The van der Waals surface area contributed by atoms with Gasteiger partial charge in [0.25, 0.3) is 0 Å². The van der Waals surface area contributed by atoms with Gasteiger partial charge in [-0.1, -0.05) is 109 Å². The number of halogens is 1. The van der Waals surface area contributed by atoms with Crippen LogP contribution in [0.5, 0.6) is 0 Å². The van der Waals surface area contributed by atoms with Gasteiger partial charge in [0.15, 0.2) is 0 Å². The van der Waals surface area contributed by atoms with Gasteiger partial charge in [-0.15, -0.1) is 0 Å². The van der Waals surface area contributed by atoms with Gasteiger partial charge in [-0.25, -0.2) is 9.97 Å². The van der Waals surface area contributed by atoms with E-state index in [4.69, 9.17) is 9.97 Å². The highest BCUT2D eigenvalue weighted by molar-refractivity contribution is 14.1. The molecule has 0 spiro atoms. The molecule has 0 atom stereocenters. The minimum Gasteiger partial charge on any atom is -0.355 e. The molecule has 0 aliphatic carbocycles. The van der Waals surface area contributed by atoms with Crippen LogP contribution < -0.4 is 0 Å². The van der Waals surface area contributed by atoms with Gasteiger partial charge >= 0.3 is 0 Å². The maximum absolute atomic E-state index is 5.36. The van der Waals surface area contributed by atoms with Crippen LogP contribution in [0.15, 0.2) is 84.9 Å². The van der Waals surface area contributed by atoms with Crippen LogP contribution in [0.3, 0.4) is 0 Å². The van der Waals surface area contributed by atoms with Crippen molar-refractivity contribution in [3.05, 3.63) is 119 Å². The fourth-order valence-corrected chi connectivity index (χ4v) is 7.33. The van der Waals surface area contributed by atoms with Gasteiger partial charge in [-0.3, -0.25) is 0 Å². The van der Waals surface area contributed by atoms with Crippen molar-refractivity contribution in [2.75, 3.05) is 4.43 Å². The number of unbranched alkanes of at least 4 members (excludes halogenated alkanes) is 4. The summed E-state index contributed by atoms with van der Waals surface area (Å²) in [6, 6.07) is 30.3. The average Bonchev–Trinajstić information content (AvgIpc) is 3.94. The summed E-state index contributed by atoms with van der Waals surface area (Å²) < 4.78 is 1.16. The molecular formula is C42H41IN4. The highest BCUT2D eigenvalue weighted by Gasteiger charge is 2.18. The molecule has 4 nitrogen and oxygen atoms in total. The first-order valence-electron chi connectivity index (χ1n) is 17.0. The monoisotopic (exact) mass is 728 g/mol. The first kappa shape index (κ1) is 31.4. The van der Waals surface area contributed by atoms with Crippen molar-refractivity contribution in [1.29, 1.82) is 0 Å². The molecule has 5 aromatic rings. The van der Waals surface area contributed by atoms with Gasteiger partial charge < -0.3 is 9.97 Å². The maximum atomic E-state index is 5.36. The van der Waals surface area contributed by atoms with Crippen molar-refractivity contribution in [1.82, 2.24) is 19.9 Å².